The van der Waals surface area contributed by atoms with Crippen molar-refractivity contribution in [1.29, 1.82) is 0 Å². The van der Waals surface area contributed by atoms with E-state index in [0.29, 0.717) is 15.7 Å². The number of amides is 1. The third kappa shape index (κ3) is 4.90. The van der Waals surface area contributed by atoms with Crippen molar-refractivity contribution in [3.63, 3.8) is 0 Å². The zero-order valence-electron chi connectivity index (χ0n) is 11.0. The second kappa shape index (κ2) is 7.27. The smallest absolute Gasteiger partial charge is 0.248 e. The predicted octanol–water partition coefficient (Wildman–Crippen LogP) is 4.14. The molecule has 0 aromatic heterocycles. The average Bonchev–Trinajstić information content (AvgIpc) is 2.44. The quantitative estimate of drug-likeness (QED) is 0.831. The number of nitrogens with one attached hydrogen (secondary N) is 1. The zero-order chi connectivity index (χ0) is 15.2. The van der Waals surface area contributed by atoms with E-state index in [4.69, 9.17) is 28.3 Å². The highest BCUT2D eigenvalue weighted by Crippen LogP contribution is 2.20. The summed E-state index contributed by atoms with van der Waals surface area (Å²) in [6.45, 7) is -0.0689. The van der Waals surface area contributed by atoms with Crippen LogP contribution in [0.25, 0.3) is 6.08 Å². The molecule has 0 heterocycles. The summed E-state index contributed by atoms with van der Waals surface area (Å²) in [4.78, 5) is 11.8. The number of hydrogen-bond acceptors (Lipinski definition) is 2. The molecule has 3 nitrogen and oxygen atoms in total. The highest BCUT2D eigenvalue weighted by atomic mass is 35.5. The van der Waals surface area contributed by atoms with E-state index < -0.39 is 0 Å². The van der Waals surface area contributed by atoms with E-state index in [2.05, 4.69) is 5.32 Å². The summed E-state index contributed by atoms with van der Waals surface area (Å²) < 4.78 is 0. The summed E-state index contributed by atoms with van der Waals surface area (Å²) in [5, 5.41) is 12.8. The van der Waals surface area contributed by atoms with Gasteiger partial charge in [0.05, 0.1) is 6.61 Å². The summed E-state index contributed by atoms with van der Waals surface area (Å²) in [5.41, 5.74) is 2.10. The van der Waals surface area contributed by atoms with E-state index in [1.165, 1.54) is 6.08 Å². The molecule has 0 atom stereocenters. The second-order valence-electron chi connectivity index (χ2n) is 4.38. The van der Waals surface area contributed by atoms with Gasteiger partial charge in [-0.05, 0) is 47.5 Å². The van der Waals surface area contributed by atoms with Crippen molar-refractivity contribution in [2.45, 2.75) is 6.61 Å². The van der Waals surface area contributed by atoms with Gasteiger partial charge in [-0.15, -0.1) is 0 Å². The van der Waals surface area contributed by atoms with Gasteiger partial charge in [0.1, 0.15) is 0 Å². The third-order valence-corrected chi connectivity index (χ3v) is 3.13. The number of aliphatic hydroxyl groups excluding tert-OH is 1. The minimum Gasteiger partial charge on any atom is -0.392 e. The van der Waals surface area contributed by atoms with Gasteiger partial charge in [-0.1, -0.05) is 35.3 Å². The summed E-state index contributed by atoms with van der Waals surface area (Å²) >= 11 is 11.8. The Kier molecular flexibility index (Phi) is 5.39. The Bertz CT molecular complexity index is 663. The normalized spacial score (nSPS) is 10.8. The van der Waals surface area contributed by atoms with Crippen LogP contribution in [-0.2, 0) is 11.4 Å². The largest absolute Gasteiger partial charge is 0.392 e. The van der Waals surface area contributed by atoms with Crippen LogP contribution in [0.3, 0.4) is 0 Å². The molecule has 1 amide bonds. The molecule has 108 valence electrons. The Labute approximate surface area is 132 Å². The van der Waals surface area contributed by atoms with Gasteiger partial charge >= 0.3 is 0 Å². The first kappa shape index (κ1) is 15.6. The lowest BCUT2D eigenvalue weighted by atomic mass is 10.2. The maximum absolute atomic E-state index is 11.8. The van der Waals surface area contributed by atoms with Crippen LogP contribution >= 0.6 is 23.2 Å². The van der Waals surface area contributed by atoms with Gasteiger partial charge in [-0.2, -0.15) is 0 Å². The van der Waals surface area contributed by atoms with Gasteiger partial charge in [0.25, 0.3) is 0 Å². The Morgan fingerprint density at radius 1 is 1.14 bits per heavy atom. The number of carbonyl (C=O) groups is 1. The van der Waals surface area contributed by atoms with Gasteiger partial charge in [0.15, 0.2) is 0 Å². The SMILES string of the molecule is O=C(/C=C/c1cc(Cl)cc(Cl)c1)Nc1cccc(CO)c1. The van der Waals surface area contributed by atoms with Crippen molar-refractivity contribution in [2.24, 2.45) is 0 Å². The molecule has 0 aliphatic heterocycles. The number of carbonyl (C=O) groups excluding carboxylic acids is 1. The predicted molar refractivity (Wildman–Crippen MR) is 86.5 cm³/mol. The highest BCUT2D eigenvalue weighted by Gasteiger charge is 2.00. The van der Waals surface area contributed by atoms with Crippen molar-refractivity contribution in [2.75, 3.05) is 5.32 Å². The monoisotopic (exact) mass is 321 g/mol. The second-order valence-corrected chi connectivity index (χ2v) is 5.26. The Morgan fingerprint density at radius 2 is 1.86 bits per heavy atom. The molecule has 0 unspecified atom stereocenters. The summed E-state index contributed by atoms with van der Waals surface area (Å²) in [6, 6.07) is 12.1. The van der Waals surface area contributed by atoms with E-state index in [9.17, 15) is 4.79 Å². The maximum Gasteiger partial charge on any atom is 0.248 e. The number of anilines is 1. The van der Waals surface area contributed by atoms with E-state index in [0.717, 1.165) is 11.1 Å². The van der Waals surface area contributed by atoms with Crippen molar-refractivity contribution in [3.05, 3.63) is 69.7 Å². The lowest BCUT2D eigenvalue weighted by molar-refractivity contribution is -0.111. The van der Waals surface area contributed by atoms with Gasteiger partial charge in [0.2, 0.25) is 5.91 Å². The average molecular weight is 322 g/mol. The van der Waals surface area contributed by atoms with Crippen molar-refractivity contribution < 1.29 is 9.90 Å². The first-order chi connectivity index (χ1) is 10.1. The topological polar surface area (TPSA) is 49.3 Å². The minimum absolute atomic E-state index is 0.0689. The van der Waals surface area contributed by atoms with Crippen LogP contribution in [0.1, 0.15) is 11.1 Å². The molecular weight excluding hydrogens is 309 g/mol. The molecule has 0 aliphatic carbocycles. The highest BCUT2D eigenvalue weighted by molar-refractivity contribution is 6.34. The van der Waals surface area contributed by atoms with E-state index >= 15 is 0 Å². The van der Waals surface area contributed by atoms with Crippen LogP contribution < -0.4 is 5.32 Å². The Balaban J connectivity index is 2.05. The Morgan fingerprint density at radius 3 is 2.52 bits per heavy atom. The third-order valence-electron chi connectivity index (χ3n) is 2.69. The summed E-state index contributed by atoms with van der Waals surface area (Å²) in [5.74, 6) is -0.277. The van der Waals surface area contributed by atoms with Crippen molar-refractivity contribution in [3.8, 4) is 0 Å². The molecule has 0 bridgehead atoms. The van der Waals surface area contributed by atoms with Gasteiger partial charge < -0.3 is 10.4 Å². The summed E-state index contributed by atoms with van der Waals surface area (Å²) in [6.07, 6.45) is 3.02. The molecule has 2 rings (SSSR count). The number of hydrogen-bond donors (Lipinski definition) is 2. The number of halogens is 2. The van der Waals surface area contributed by atoms with Gasteiger partial charge in [-0.3, -0.25) is 4.79 Å². The van der Waals surface area contributed by atoms with Crippen LogP contribution in [0.4, 0.5) is 5.69 Å². The minimum atomic E-state index is -0.277. The number of aliphatic hydroxyl groups is 1. The molecule has 2 aromatic rings. The van der Waals surface area contributed by atoms with Crippen LogP contribution in [0.15, 0.2) is 48.5 Å². The molecule has 0 saturated heterocycles. The maximum atomic E-state index is 11.8. The van der Waals surface area contributed by atoms with Crippen molar-refractivity contribution in [1.82, 2.24) is 0 Å². The molecule has 0 aliphatic rings. The molecule has 0 fully saturated rings. The van der Waals surface area contributed by atoms with Crippen molar-refractivity contribution >= 4 is 40.9 Å². The first-order valence-electron chi connectivity index (χ1n) is 6.22. The lowest BCUT2D eigenvalue weighted by Crippen LogP contribution is -2.07. The summed E-state index contributed by atoms with van der Waals surface area (Å²) in [7, 11) is 0. The fourth-order valence-electron chi connectivity index (χ4n) is 1.77. The van der Waals surface area contributed by atoms with E-state index in [1.807, 2.05) is 0 Å². The lowest BCUT2D eigenvalue weighted by Gasteiger charge is -2.04. The molecule has 0 radical (unpaired) electrons. The van der Waals surface area contributed by atoms with Crippen LogP contribution in [0.5, 0.6) is 0 Å². The fraction of sp³-hybridized carbons (Fsp3) is 0.0625. The van der Waals surface area contributed by atoms with Crippen LogP contribution in [0, 0.1) is 0 Å². The standard InChI is InChI=1S/C16H13Cl2NO2/c17-13-6-11(7-14(18)9-13)4-5-16(21)19-15-3-1-2-12(8-15)10-20/h1-9,20H,10H2,(H,19,21)/b5-4+. The molecule has 2 N–H and O–H groups in total. The van der Waals surface area contributed by atoms with Gasteiger partial charge in [-0.25, -0.2) is 0 Å². The molecule has 0 spiro atoms. The fourth-order valence-corrected chi connectivity index (χ4v) is 2.32. The zero-order valence-corrected chi connectivity index (χ0v) is 12.5. The molecule has 21 heavy (non-hydrogen) atoms. The first-order valence-corrected chi connectivity index (χ1v) is 6.97. The van der Waals surface area contributed by atoms with Crippen LogP contribution in [0.2, 0.25) is 10.0 Å². The van der Waals surface area contributed by atoms with Gasteiger partial charge in [0, 0.05) is 21.8 Å². The van der Waals surface area contributed by atoms with E-state index in [1.54, 1.807) is 48.5 Å². The number of benzene rings is 2. The van der Waals surface area contributed by atoms with Crippen LogP contribution in [-0.4, -0.2) is 11.0 Å². The molecular formula is C16H13Cl2NO2. The molecule has 2 aromatic carbocycles. The Hall–Kier alpha value is -1.81. The van der Waals surface area contributed by atoms with E-state index in [-0.39, 0.29) is 12.5 Å². The number of rotatable bonds is 4. The molecule has 5 heteroatoms. The molecule has 0 saturated carbocycles.